The molecule has 0 radical (unpaired) electrons. The number of carboxylic acids is 1. The molecule has 0 bridgehead atoms. The third-order valence-corrected chi connectivity index (χ3v) is 9.34. The van der Waals surface area contributed by atoms with Gasteiger partial charge in [0.2, 0.25) is 5.95 Å². The van der Waals surface area contributed by atoms with Crippen LogP contribution in [0.25, 0.3) is 11.2 Å². The van der Waals surface area contributed by atoms with Gasteiger partial charge in [-0.1, -0.05) is 42.8 Å². The van der Waals surface area contributed by atoms with Crippen LogP contribution in [0.1, 0.15) is 57.3 Å². The fraction of sp³-hybridized carbons (Fsp3) is 0.211. The molecule has 0 spiro atoms. The Labute approximate surface area is 324 Å². The Bertz CT molecular complexity index is 2420. The number of nitrogens with one attached hydrogen (secondary N) is 3. The second-order valence-corrected chi connectivity index (χ2v) is 13.6. The first-order valence-corrected chi connectivity index (χ1v) is 18.7. The largest absolute Gasteiger partial charge is 0.538 e. The summed E-state index contributed by atoms with van der Waals surface area (Å²) in [5, 5.41) is 15.3. The van der Waals surface area contributed by atoms with Gasteiger partial charge < -0.3 is 30.7 Å². The molecule has 0 fully saturated rings. The maximum absolute atomic E-state index is 13.2. The Morgan fingerprint density at radius 3 is 2.42 bits per heavy atom. The highest BCUT2D eigenvalue weighted by molar-refractivity contribution is 7.48. The van der Waals surface area contributed by atoms with E-state index in [0.29, 0.717) is 22.5 Å². The number of aromatic nitrogens is 4. The number of hydrogen-bond donors (Lipinski definition) is 5. The van der Waals surface area contributed by atoms with Gasteiger partial charge in [0.1, 0.15) is 17.9 Å². The lowest BCUT2D eigenvalue weighted by molar-refractivity contribution is -0.140. The van der Waals surface area contributed by atoms with Crippen LogP contribution in [0.5, 0.6) is 5.75 Å². The predicted octanol–water partition coefficient (Wildman–Crippen LogP) is 4.17. The Balaban J connectivity index is 1.11. The number of carbonyl (C=O) groups is 4. The molecule has 3 aromatic carbocycles. The van der Waals surface area contributed by atoms with E-state index in [1.54, 1.807) is 61.6 Å². The van der Waals surface area contributed by atoms with Gasteiger partial charge in [-0.05, 0) is 60.9 Å². The third kappa shape index (κ3) is 11.5. The third-order valence-electron chi connectivity index (χ3n) is 7.99. The Morgan fingerprint density at radius 2 is 1.72 bits per heavy atom. The van der Waals surface area contributed by atoms with Crippen molar-refractivity contribution in [3.05, 3.63) is 117 Å². The number of carbonyl (C=O) groups excluding carboxylic acids is 3. The average molecular weight is 798 g/mol. The monoisotopic (exact) mass is 797 g/mol. The summed E-state index contributed by atoms with van der Waals surface area (Å²) in [5.41, 5.74) is 7.71. The van der Waals surface area contributed by atoms with Gasteiger partial charge in [-0.2, -0.15) is 4.98 Å². The standard InChI is InChI=1S/C38H36N7O11P/c1-3-53-57(52,54-4-2)55-22-24-11-9-23(10-12-24)19-30(46)28-7-5-6-8-31(28)56-32(47)18-17-29(37(50)51)43-35(48)25-13-15-26(16-14-25)40-20-27-21-41-34-33(42-27)36(49)45-38(39)44-34/h1,5-16,21,29,40H,4,17-20,22H2,2H3,(H,43,48)(H,50,51)(H3,39,41,44,45,49)/t29-,57?/m0/s1. The fourth-order valence-electron chi connectivity index (χ4n) is 5.21. The number of fused-ring (bicyclic) bond motifs is 1. The van der Waals surface area contributed by atoms with Gasteiger partial charge in [0.25, 0.3) is 11.5 Å². The molecule has 1 unspecified atom stereocenters. The lowest BCUT2D eigenvalue weighted by Gasteiger charge is -2.15. The molecule has 57 heavy (non-hydrogen) atoms. The lowest BCUT2D eigenvalue weighted by Crippen LogP contribution is -2.41. The summed E-state index contributed by atoms with van der Waals surface area (Å²) in [4.78, 5) is 77.8. The van der Waals surface area contributed by atoms with Crippen molar-refractivity contribution in [1.29, 1.82) is 0 Å². The van der Waals surface area contributed by atoms with E-state index in [-0.39, 0.29) is 78.8 Å². The number of Topliss-reactive ketones (excluding diaryl/α,β-unsaturated/α-hetero) is 1. The van der Waals surface area contributed by atoms with Crippen molar-refractivity contribution in [3.63, 3.8) is 0 Å². The number of hydrogen-bond acceptors (Lipinski definition) is 15. The van der Waals surface area contributed by atoms with Crippen molar-refractivity contribution in [3.8, 4) is 18.3 Å². The Kier molecular flexibility index (Phi) is 13.8. The molecule has 5 rings (SSSR count). The number of H-pyrrole nitrogens is 1. The predicted molar refractivity (Wildman–Crippen MR) is 205 cm³/mol. The fourth-order valence-corrected chi connectivity index (χ4v) is 6.14. The normalized spacial score (nSPS) is 12.4. The summed E-state index contributed by atoms with van der Waals surface area (Å²) < 4.78 is 32.8. The Hall–Kier alpha value is -6.93. The van der Waals surface area contributed by atoms with Crippen molar-refractivity contribution >= 4 is 54.3 Å². The molecule has 2 aromatic heterocycles. The van der Waals surface area contributed by atoms with Crippen LogP contribution in [0.2, 0.25) is 0 Å². The molecule has 0 aliphatic heterocycles. The molecule has 0 saturated heterocycles. The summed E-state index contributed by atoms with van der Waals surface area (Å²) in [6.07, 6.45) is 7.57. The summed E-state index contributed by atoms with van der Waals surface area (Å²) >= 11 is 0. The number of esters is 1. The number of ether oxygens (including phenoxy) is 1. The molecule has 0 aliphatic rings. The second-order valence-electron chi connectivity index (χ2n) is 12.1. The molecule has 0 aliphatic carbocycles. The highest BCUT2D eigenvalue weighted by atomic mass is 31.2. The zero-order valence-corrected chi connectivity index (χ0v) is 31.2. The molecular weight excluding hydrogens is 761 g/mol. The van der Waals surface area contributed by atoms with Gasteiger partial charge in [0, 0.05) is 24.1 Å². The number of benzene rings is 3. The van der Waals surface area contributed by atoms with Crippen LogP contribution < -0.4 is 26.7 Å². The number of carboxylic acid groups (broad SMARTS) is 1. The van der Waals surface area contributed by atoms with Gasteiger partial charge in [-0.3, -0.25) is 33.2 Å². The number of amides is 1. The van der Waals surface area contributed by atoms with E-state index in [1.165, 1.54) is 30.5 Å². The minimum atomic E-state index is -3.92. The first-order valence-electron chi connectivity index (χ1n) is 17.2. The number of phosphoric ester groups is 1. The number of nitrogens with zero attached hydrogens (tertiary/aromatic N) is 3. The second kappa shape index (κ2) is 19.1. The van der Waals surface area contributed by atoms with Crippen LogP contribution in [0.4, 0.5) is 11.6 Å². The van der Waals surface area contributed by atoms with E-state index in [2.05, 4.69) is 35.1 Å². The van der Waals surface area contributed by atoms with Gasteiger partial charge in [0.05, 0.1) is 37.2 Å². The highest BCUT2D eigenvalue weighted by Crippen LogP contribution is 2.49. The smallest absolute Gasteiger partial charge is 0.480 e. The zero-order valence-electron chi connectivity index (χ0n) is 30.3. The summed E-state index contributed by atoms with van der Waals surface area (Å²) in [6, 6.07) is 17.5. The van der Waals surface area contributed by atoms with Gasteiger partial charge >= 0.3 is 19.8 Å². The van der Waals surface area contributed by atoms with Crippen molar-refractivity contribution in [2.45, 2.75) is 45.4 Å². The van der Waals surface area contributed by atoms with Crippen molar-refractivity contribution in [2.75, 3.05) is 17.7 Å². The van der Waals surface area contributed by atoms with E-state index in [4.69, 9.17) is 25.9 Å². The minimum absolute atomic E-state index is 0.00849. The highest BCUT2D eigenvalue weighted by Gasteiger charge is 2.27. The molecule has 294 valence electrons. The van der Waals surface area contributed by atoms with E-state index >= 15 is 0 Å². The molecule has 2 atom stereocenters. The van der Waals surface area contributed by atoms with Crippen LogP contribution >= 0.6 is 7.82 Å². The zero-order chi connectivity index (χ0) is 41.0. The SMILES string of the molecule is C#COP(=O)(OCC)OCc1ccc(CC(=O)c2ccccc2OC(=O)CC[C@H](NC(=O)c2ccc(NCc3cnc4nc(N)[nH]c(=O)c4n3)cc2)C(=O)O)cc1. The minimum Gasteiger partial charge on any atom is -0.480 e. The van der Waals surface area contributed by atoms with Crippen LogP contribution in [0.3, 0.4) is 0 Å². The van der Waals surface area contributed by atoms with Crippen molar-refractivity contribution in [1.82, 2.24) is 25.3 Å². The number of phosphoric acid groups is 1. The number of para-hydroxylation sites is 1. The first kappa shape index (κ1) is 41.2. The summed E-state index contributed by atoms with van der Waals surface area (Å²) in [5.74, 6) is -3.30. The molecule has 18 nitrogen and oxygen atoms in total. The number of rotatable bonds is 19. The number of anilines is 2. The lowest BCUT2D eigenvalue weighted by atomic mass is 10.0. The van der Waals surface area contributed by atoms with Gasteiger partial charge in [0.15, 0.2) is 16.9 Å². The maximum Gasteiger partial charge on any atom is 0.538 e. The molecule has 6 N–H and O–H groups in total. The van der Waals surface area contributed by atoms with Crippen LogP contribution in [-0.4, -0.2) is 61.3 Å². The Morgan fingerprint density at radius 1 is 1.00 bits per heavy atom. The molecule has 5 aromatic rings. The number of aliphatic carboxylic acids is 1. The average Bonchev–Trinajstić information content (AvgIpc) is 3.19. The van der Waals surface area contributed by atoms with E-state index in [0.717, 1.165) is 0 Å². The molecule has 2 heterocycles. The molecule has 0 saturated carbocycles. The summed E-state index contributed by atoms with van der Waals surface area (Å²) in [7, 11) is -3.92. The molecule has 19 heteroatoms. The van der Waals surface area contributed by atoms with Crippen LogP contribution in [-0.2, 0) is 47.3 Å². The van der Waals surface area contributed by atoms with E-state index in [1.807, 2.05) is 0 Å². The number of aromatic amines is 1. The van der Waals surface area contributed by atoms with Crippen LogP contribution in [0.15, 0.2) is 83.8 Å². The number of ketones is 1. The van der Waals surface area contributed by atoms with E-state index < -0.39 is 37.3 Å². The summed E-state index contributed by atoms with van der Waals surface area (Å²) in [6.45, 7) is 1.72. The van der Waals surface area contributed by atoms with Crippen molar-refractivity contribution in [2.24, 2.45) is 0 Å². The molecule has 1 amide bonds. The van der Waals surface area contributed by atoms with Gasteiger partial charge in [-0.25, -0.2) is 19.3 Å². The number of nitrogens with two attached hydrogens (primary N) is 1. The van der Waals surface area contributed by atoms with Gasteiger partial charge in [-0.15, -0.1) is 0 Å². The van der Waals surface area contributed by atoms with Crippen LogP contribution in [0, 0.1) is 12.5 Å². The number of terminal acetylenes is 1. The first-order chi connectivity index (χ1) is 27.4. The number of nitrogen functional groups attached to an aromatic ring is 1. The van der Waals surface area contributed by atoms with Crippen molar-refractivity contribution < 1.29 is 47.2 Å². The topological polar surface area (TPSA) is 264 Å². The van der Waals surface area contributed by atoms with E-state index in [9.17, 15) is 33.6 Å². The maximum atomic E-state index is 13.2. The quantitative estimate of drug-likeness (QED) is 0.0258. The molecular formula is C38H36N7O11P.